The minimum Gasteiger partial charge on any atom is -0.378 e. The quantitative estimate of drug-likeness (QED) is 0.674. The van der Waals surface area contributed by atoms with Crippen LogP contribution in [0.1, 0.15) is 47.5 Å². The fraction of sp³-hybridized carbons (Fsp3) is 0.478. The molecule has 2 atom stereocenters. The van der Waals surface area contributed by atoms with Crippen molar-refractivity contribution >= 4 is 11.7 Å². The number of carbonyl (C=O) groups is 1. The van der Waals surface area contributed by atoms with Gasteiger partial charge in [0.15, 0.2) is 5.82 Å². The number of carbonyl (C=O) groups excluding carboxylic acids is 1. The van der Waals surface area contributed by atoms with Gasteiger partial charge in [-0.1, -0.05) is 23.4 Å². The van der Waals surface area contributed by atoms with Crippen LogP contribution in [0.25, 0.3) is 0 Å². The number of allylic oxidation sites excluding steroid dienone is 1. The second-order valence-electron chi connectivity index (χ2n) is 8.66. The number of hydrogen-bond acceptors (Lipinski definition) is 6. The summed E-state index contributed by atoms with van der Waals surface area (Å²) >= 11 is 0. The summed E-state index contributed by atoms with van der Waals surface area (Å²) in [7, 11) is 0. The molecule has 0 spiro atoms. The average Bonchev–Trinajstić information content (AvgIpc) is 3.56. The summed E-state index contributed by atoms with van der Waals surface area (Å²) in [6.07, 6.45) is 0.376. The molecule has 0 bridgehead atoms. The standard InChI is InChI=1S/C23H24F3N5O3/c24-23(25,26)18-5-3-15(4-6-18)16-12-17(20-28-21(34-29-20)19-2-1-7-27-19)14-31(13-16)22(32)30-8-10-33-11-9-30/h1,3-7,16-17H,2,8-14H2. The van der Waals surface area contributed by atoms with Gasteiger partial charge in [0.25, 0.3) is 5.89 Å². The van der Waals surface area contributed by atoms with Crippen molar-refractivity contribution in [1.29, 1.82) is 0 Å². The lowest BCUT2D eigenvalue weighted by atomic mass is 9.84. The second kappa shape index (κ2) is 9.21. The number of ether oxygens (including phenoxy) is 1. The molecule has 3 aliphatic rings. The molecule has 0 aliphatic carbocycles. The molecule has 4 heterocycles. The van der Waals surface area contributed by atoms with Crippen LogP contribution in [0.3, 0.4) is 0 Å². The number of morpholine rings is 1. The second-order valence-corrected chi connectivity index (χ2v) is 8.66. The zero-order valence-electron chi connectivity index (χ0n) is 18.4. The van der Waals surface area contributed by atoms with E-state index in [2.05, 4.69) is 15.1 Å². The summed E-state index contributed by atoms with van der Waals surface area (Å²) in [5.41, 5.74) is 0.735. The van der Waals surface area contributed by atoms with Crippen LogP contribution < -0.4 is 0 Å². The number of amides is 2. The largest absolute Gasteiger partial charge is 0.416 e. The summed E-state index contributed by atoms with van der Waals surface area (Å²) in [5, 5.41) is 4.15. The van der Waals surface area contributed by atoms with Crippen molar-refractivity contribution in [3.05, 3.63) is 59.4 Å². The molecule has 2 fully saturated rings. The van der Waals surface area contributed by atoms with Crippen LogP contribution in [0, 0.1) is 0 Å². The van der Waals surface area contributed by atoms with Crippen LogP contribution in [-0.2, 0) is 10.9 Å². The van der Waals surface area contributed by atoms with Gasteiger partial charge in [0.1, 0.15) is 5.71 Å². The van der Waals surface area contributed by atoms with E-state index in [1.54, 1.807) is 16.0 Å². The van der Waals surface area contributed by atoms with Gasteiger partial charge in [0, 0.05) is 50.6 Å². The van der Waals surface area contributed by atoms with E-state index in [4.69, 9.17) is 9.26 Å². The number of rotatable bonds is 3. The predicted molar refractivity (Wildman–Crippen MR) is 115 cm³/mol. The molecule has 2 aromatic rings. The number of aromatic nitrogens is 2. The first kappa shape index (κ1) is 22.6. The average molecular weight is 475 g/mol. The maximum atomic E-state index is 13.3. The lowest BCUT2D eigenvalue weighted by Crippen LogP contribution is -2.52. The summed E-state index contributed by atoms with van der Waals surface area (Å²) < 4.78 is 49.9. The van der Waals surface area contributed by atoms with Crippen molar-refractivity contribution in [2.75, 3.05) is 39.4 Å². The van der Waals surface area contributed by atoms with Crippen LogP contribution in [0.15, 0.2) is 46.1 Å². The van der Waals surface area contributed by atoms with Crippen LogP contribution in [0.2, 0.25) is 0 Å². The minimum absolute atomic E-state index is 0.113. The zero-order valence-corrected chi connectivity index (χ0v) is 18.4. The van der Waals surface area contributed by atoms with E-state index in [1.807, 2.05) is 6.08 Å². The van der Waals surface area contributed by atoms with Crippen molar-refractivity contribution in [1.82, 2.24) is 19.9 Å². The SMILES string of the molecule is O=C(N1CCOCC1)N1CC(c2ccc(C(F)(F)F)cc2)CC(c2noc(C3=NC=CC3)n2)C1. The Morgan fingerprint density at radius 2 is 1.76 bits per heavy atom. The lowest BCUT2D eigenvalue weighted by molar-refractivity contribution is -0.137. The van der Waals surface area contributed by atoms with Crippen LogP contribution in [0.5, 0.6) is 0 Å². The molecule has 0 saturated carbocycles. The molecule has 2 amide bonds. The minimum atomic E-state index is -4.40. The molecule has 5 rings (SSSR count). The summed E-state index contributed by atoms with van der Waals surface area (Å²) in [4.78, 5) is 25.5. The Hall–Kier alpha value is -3.21. The Bertz CT molecular complexity index is 1090. The van der Waals surface area contributed by atoms with E-state index < -0.39 is 11.7 Å². The third kappa shape index (κ3) is 4.70. The molecule has 180 valence electrons. The lowest BCUT2D eigenvalue weighted by Gasteiger charge is -2.40. The van der Waals surface area contributed by atoms with Gasteiger partial charge in [-0.2, -0.15) is 18.2 Å². The first-order valence-electron chi connectivity index (χ1n) is 11.2. The topological polar surface area (TPSA) is 84.1 Å². The molecule has 3 aliphatic heterocycles. The van der Waals surface area contributed by atoms with E-state index in [0.717, 1.165) is 17.7 Å². The van der Waals surface area contributed by atoms with E-state index in [-0.39, 0.29) is 17.9 Å². The fourth-order valence-electron chi connectivity index (χ4n) is 4.60. The number of aliphatic imine (C=N–C) groups is 1. The monoisotopic (exact) mass is 475 g/mol. The van der Waals surface area contributed by atoms with Crippen molar-refractivity contribution in [3.8, 4) is 0 Å². The number of urea groups is 1. The third-order valence-electron chi connectivity index (χ3n) is 6.41. The Balaban J connectivity index is 1.40. The zero-order chi connectivity index (χ0) is 23.7. The maximum absolute atomic E-state index is 13.3. The van der Waals surface area contributed by atoms with Crippen LogP contribution in [-0.4, -0.2) is 71.1 Å². The van der Waals surface area contributed by atoms with Crippen molar-refractivity contribution in [2.45, 2.75) is 30.9 Å². The molecule has 34 heavy (non-hydrogen) atoms. The normalized spacial score (nSPS) is 23.3. The highest BCUT2D eigenvalue weighted by molar-refractivity contribution is 5.99. The molecule has 1 aromatic carbocycles. The van der Waals surface area contributed by atoms with Gasteiger partial charge in [0.2, 0.25) is 0 Å². The highest BCUT2D eigenvalue weighted by Gasteiger charge is 2.37. The molecule has 11 heteroatoms. The van der Waals surface area contributed by atoms with E-state index in [9.17, 15) is 18.0 Å². The first-order chi connectivity index (χ1) is 16.4. The Morgan fingerprint density at radius 3 is 2.44 bits per heavy atom. The molecule has 1 aromatic heterocycles. The van der Waals surface area contributed by atoms with Gasteiger partial charge < -0.3 is 19.1 Å². The number of likely N-dealkylation sites (tertiary alicyclic amines) is 1. The number of benzene rings is 1. The molecule has 0 radical (unpaired) electrons. The molecular formula is C23H24F3N5O3. The smallest absolute Gasteiger partial charge is 0.378 e. The Morgan fingerprint density at radius 1 is 1.03 bits per heavy atom. The first-order valence-corrected chi connectivity index (χ1v) is 11.2. The van der Waals surface area contributed by atoms with E-state index >= 15 is 0 Å². The number of nitrogens with zero attached hydrogens (tertiary/aromatic N) is 5. The van der Waals surface area contributed by atoms with Gasteiger partial charge in [-0.25, -0.2) is 4.79 Å². The molecule has 8 nitrogen and oxygen atoms in total. The Labute approximate surface area is 194 Å². The highest BCUT2D eigenvalue weighted by atomic mass is 19.4. The summed E-state index contributed by atoms with van der Waals surface area (Å²) in [6.45, 7) is 2.77. The van der Waals surface area contributed by atoms with Crippen LogP contribution in [0.4, 0.5) is 18.0 Å². The van der Waals surface area contributed by atoms with E-state index in [0.29, 0.717) is 69.7 Å². The van der Waals surface area contributed by atoms with E-state index in [1.165, 1.54) is 12.1 Å². The molecule has 0 N–H and O–H groups in total. The van der Waals surface area contributed by atoms with Gasteiger partial charge in [-0.05, 0) is 24.1 Å². The third-order valence-corrected chi connectivity index (χ3v) is 6.41. The Kier molecular flexibility index (Phi) is 6.11. The number of hydrogen-bond donors (Lipinski definition) is 0. The maximum Gasteiger partial charge on any atom is 0.416 e. The summed E-state index contributed by atoms with van der Waals surface area (Å²) in [5.74, 6) is 0.431. The van der Waals surface area contributed by atoms with Crippen molar-refractivity contribution in [2.24, 2.45) is 4.99 Å². The number of halogens is 3. The van der Waals surface area contributed by atoms with Crippen LogP contribution >= 0.6 is 0 Å². The predicted octanol–water partition coefficient (Wildman–Crippen LogP) is 3.82. The summed E-state index contributed by atoms with van der Waals surface area (Å²) in [6, 6.07) is 5.05. The fourth-order valence-corrected chi connectivity index (χ4v) is 4.60. The van der Waals surface area contributed by atoms with Gasteiger partial charge in [0.05, 0.1) is 18.8 Å². The number of piperidine rings is 1. The van der Waals surface area contributed by atoms with Gasteiger partial charge >= 0.3 is 12.2 Å². The molecular weight excluding hydrogens is 451 g/mol. The highest BCUT2D eigenvalue weighted by Crippen LogP contribution is 2.37. The van der Waals surface area contributed by atoms with Gasteiger partial charge in [-0.15, -0.1) is 0 Å². The van der Waals surface area contributed by atoms with Gasteiger partial charge in [-0.3, -0.25) is 4.99 Å². The molecule has 2 unspecified atom stereocenters. The van der Waals surface area contributed by atoms with Crippen molar-refractivity contribution < 1.29 is 27.2 Å². The van der Waals surface area contributed by atoms with Crippen molar-refractivity contribution in [3.63, 3.8) is 0 Å². The number of alkyl halides is 3. The molecule has 2 saturated heterocycles.